The van der Waals surface area contributed by atoms with Crippen molar-refractivity contribution in [3.63, 3.8) is 0 Å². The van der Waals surface area contributed by atoms with Crippen molar-refractivity contribution < 1.29 is 14.3 Å². The van der Waals surface area contributed by atoms with Crippen molar-refractivity contribution in [2.45, 2.75) is 13.5 Å². The first kappa shape index (κ1) is 20.8. The predicted octanol–water partition coefficient (Wildman–Crippen LogP) is 5.18. The number of ether oxygens (including phenoxy) is 2. The molecular formula is C24H19BrN2O4. The van der Waals surface area contributed by atoms with Crippen LogP contribution in [0.4, 0.5) is 0 Å². The molecule has 2 aromatic carbocycles. The van der Waals surface area contributed by atoms with Crippen LogP contribution >= 0.6 is 15.9 Å². The van der Waals surface area contributed by atoms with Gasteiger partial charge in [-0.2, -0.15) is 0 Å². The van der Waals surface area contributed by atoms with Crippen LogP contribution in [0, 0.1) is 0 Å². The third kappa shape index (κ3) is 4.51. The molecule has 0 aliphatic rings. The molecule has 7 heteroatoms. The molecule has 0 unspecified atom stereocenters. The summed E-state index contributed by atoms with van der Waals surface area (Å²) >= 11 is 3.41. The van der Waals surface area contributed by atoms with Gasteiger partial charge in [0.2, 0.25) is 5.43 Å². The summed E-state index contributed by atoms with van der Waals surface area (Å²) in [5.74, 6) is 0.735. The fraction of sp³-hybridized carbons (Fsp3) is 0.125. The van der Waals surface area contributed by atoms with E-state index in [1.54, 1.807) is 13.0 Å². The maximum atomic E-state index is 12.9. The second-order valence-electron chi connectivity index (χ2n) is 6.76. The van der Waals surface area contributed by atoms with Gasteiger partial charge >= 0.3 is 5.97 Å². The van der Waals surface area contributed by atoms with E-state index in [1.807, 2.05) is 59.2 Å². The van der Waals surface area contributed by atoms with Crippen LogP contribution in [-0.4, -0.2) is 22.1 Å². The summed E-state index contributed by atoms with van der Waals surface area (Å²) in [5, 5.41) is 0. The zero-order valence-corrected chi connectivity index (χ0v) is 18.3. The van der Waals surface area contributed by atoms with Crippen LogP contribution in [0.1, 0.15) is 22.8 Å². The second kappa shape index (κ2) is 9.14. The number of rotatable bonds is 6. The van der Waals surface area contributed by atoms with Gasteiger partial charge in [-0.15, -0.1) is 0 Å². The summed E-state index contributed by atoms with van der Waals surface area (Å²) in [6, 6.07) is 18.9. The number of halogens is 1. The molecule has 0 bridgehead atoms. The van der Waals surface area contributed by atoms with E-state index in [-0.39, 0.29) is 17.7 Å². The maximum Gasteiger partial charge on any atom is 0.343 e. The molecule has 0 N–H and O–H groups in total. The summed E-state index contributed by atoms with van der Waals surface area (Å²) < 4.78 is 13.7. The van der Waals surface area contributed by atoms with E-state index in [1.165, 1.54) is 12.4 Å². The van der Waals surface area contributed by atoms with Crippen LogP contribution < -0.4 is 10.2 Å². The number of benzene rings is 2. The standard InChI is InChI=1S/C24H19BrN2O4/c1-2-30-24(29)19-15-27(20-12-17(25)13-26-22(20)23(19)28)14-16-8-6-7-11-21(16)31-18-9-4-3-5-10-18/h3-13,15H,2,14H2,1H3. The van der Waals surface area contributed by atoms with Crippen LogP contribution in [0.3, 0.4) is 0 Å². The summed E-state index contributed by atoms with van der Waals surface area (Å²) in [6.07, 6.45) is 3.06. The van der Waals surface area contributed by atoms with Crippen LogP contribution in [0.25, 0.3) is 11.0 Å². The van der Waals surface area contributed by atoms with E-state index < -0.39 is 11.4 Å². The number of nitrogens with zero attached hydrogens (tertiary/aromatic N) is 2. The summed E-state index contributed by atoms with van der Waals surface area (Å²) in [6.45, 7) is 2.24. The van der Waals surface area contributed by atoms with Gasteiger partial charge in [0.15, 0.2) is 0 Å². The summed E-state index contributed by atoms with van der Waals surface area (Å²) in [5.41, 5.74) is 1.18. The lowest BCUT2D eigenvalue weighted by molar-refractivity contribution is 0.0524. The Morgan fingerprint density at radius 3 is 2.61 bits per heavy atom. The van der Waals surface area contributed by atoms with Crippen LogP contribution in [-0.2, 0) is 11.3 Å². The Balaban J connectivity index is 1.82. The lowest BCUT2D eigenvalue weighted by atomic mass is 10.1. The molecule has 31 heavy (non-hydrogen) atoms. The van der Waals surface area contributed by atoms with Crippen molar-refractivity contribution >= 4 is 32.9 Å². The van der Waals surface area contributed by atoms with E-state index >= 15 is 0 Å². The minimum Gasteiger partial charge on any atom is -0.462 e. The quantitative estimate of drug-likeness (QED) is 0.357. The number of aromatic nitrogens is 2. The molecule has 4 rings (SSSR count). The maximum absolute atomic E-state index is 12.9. The lowest BCUT2D eigenvalue weighted by Gasteiger charge is -2.16. The number of para-hydroxylation sites is 2. The minimum atomic E-state index is -0.665. The highest BCUT2D eigenvalue weighted by molar-refractivity contribution is 9.10. The van der Waals surface area contributed by atoms with Crippen molar-refractivity contribution in [2.24, 2.45) is 0 Å². The summed E-state index contributed by atoms with van der Waals surface area (Å²) in [7, 11) is 0. The fourth-order valence-corrected chi connectivity index (χ4v) is 3.57. The Morgan fingerprint density at radius 2 is 1.84 bits per heavy atom. The molecule has 0 spiro atoms. The molecule has 0 fully saturated rings. The molecule has 6 nitrogen and oxygen atoms in total. The number of carbonyl (C=O) groups is 1. The van der Waals surface area contributed by atoms with E-state index in [0.717, 1.165) is 15.8 Å². The third-order valence-corrected chi connectivity index (χ3v) is 5.10. The number of carbonyl (C=O) groups excluding carboxylic acids is 1. The zero-order valence-electron chi connectivity index (χ0n) is 16.7. The highest BCUT2D eigenvalue weighted by atomic mass is 79.9. The average molecular weight is 479 g/mol. The normalized spacial score (nSPS) is 10.8. The van der Waals surface area contributed by atoms with Crippen LogP contribution in [0.15, 0.2) is 82.3 Å². The van der Waals surface area contributed by atoms with Crippen molar-refractivity contribution in [3.05, 3.63) is 98.9 Å². The van der Waals surface area contributed by atoms with Gasteiger partial charge in [0.1, 0.15) is 22.6 Å². The number of fused-ring (bicyclic) bond motifs is 1. The first-order chi connectivity index (χ1) is 15.1. The molecule has 0 amide bonds. The van der Waals surface area contributed by atoms with Crippen molar-refractivity contribution in [1.82, 2.24) is 9.55 Å². The second-order valence-corrected chi connectivity index (χ2v) is 7.68. The predicted molar refractivity (Wildman–Crippen MR) is 122 cm³/mol. The molecule has 2 aromatic heterocycles. The number of hydrogen-bond acceptors (Lipinski definition) is 5. The van der Waals surface area contributed by atoms with Crippen molar-refractivity contribution in [2.75, 3.05) is 6.61 Å². The SMILES string of the molecule is CCOC(=O)c1cn(Cc2ccccc2Oc2ccccc2)c2cc(Br)cnc2c1=O. The Morgan fingerprint density at radius 1 is 1.10 bits per heavy atom. The van der Waals surface area contributed by atoms with Gasteiger partial charge in [0, 0.05) is 22.4 Å². The monoisotopic (exact) mass is 478 g/mol. The Hall–Kier alpha value is -3.45. The molecule has 156 valence electrons. The largest absolute Gasteiger partial charge is 0.462 e. The number of hydrogen-bond donors (Lipinski definition) is 0. The van der Waals surface area contributed by atoms with Crippen LogP contribution in [0.2, 0.25) is 0 Å². The molecule has 0 saturated carbocycles. The number of pyridine rings is 2. The zero-order chi connectivity index (χ0) is 21.8. The van der Waals surface area contributed by atoms with Gasteiger partial charge < -0.3 is 14.0 Å². The van der Waals surface area contributed by atoms with Gasteiger partial charge in [-0.3, -0.25) is 4.79 Å². The molecule has 2 heterocycles. The highest BCUT2D eigenvalue weighted by Gasteiger charge is 2.18. The van der Waals surface area contributed by atoms with E-state index in [4.69, 9.17) is 9.47 Å². The Labute approximate surface area is 187 Å². The molecule has 0 aliphatic heterocycles. The van der Waals surface area contributed by atoms with Gasteiger partial charge in [-0.1, -0.05) is 36.4 Å². The van der Waals surface area contributed by atoms with E-state index in [9.17, 15) is 9.59 Å². The number of esters is 1. The molecular weight excluding hydrogens is 460 g/mol. The van der Waals surface area contributed by atoms with Crippen molar-refractivity contribution in [3.8, 4) is 11.5 Å². The first-order valence-electron chi connectivity index (χ1n) is 9.73. The van der Waals surface area contributed by atoms with Gasteiger partial charge in [-0.05, 0) is 47.1 Å². The average Bonchev–Trinajstić information content (AvgIpc) is 2.77. The van der Waals surface area contributed by atoms with Crippen LogP contribution in [0.5, 0.6) is 11.5 Å². The summed E-state index contributed by atoms with van der Waals surface area (Å²) in [4.78, 5) is 29.5. The highest BCUT2D eigenvalue weighted by Crippen LogP contribution is 2.27. The van der Waals surface area contributed by atoms with Crippen molar-refractivity contribution in [1.29, 1.82) is 0 Å². The molecule has 4 aromatic rings. The lowest BCUT2D eigenvalue weighted by Crippen LogP contribution is -2.22. The van der Waals surface area contributed by atoms with E-state index in [0.29, 0.717) is 17.8 Å². The Bertz CT molecular complexity index is 1300. The smallest absolute Gasteiger partial charge is 0.343 e. The first-order valence-corrected chi connectivity index (χ1v) is 10.5. The van der Waals surface area contributed by atoms with Gasteiger partial charge in [-0.25, -0.2) is 9.78 Å². The van der Waals surface area contributed by atoms with Gasteiger partial charge in [0.05, 0.1) is 18.7 Å². The van der Waals surface area contributed by atoms with E-state index in [2.05, 4.69) is 20.9 Å². The van der Waals surface area contributed by atoms with Gasteiger partial charge in [0.25, 0.3) is 0 Å². The molecule has 0 aliphatic carbocycles. The minimum absolute atomic E-state index is 0.0503. The molecule has 0 saturated heterocycles. The topological polar surface area (TPSA) is 70.4 Å². The Kier molecular flexibility index (Phi) is 6.13. The fourth-order valence-electron chi connectivity index (χ4n) is 3.25. The molecule has 0 atom stereocenters. The third-order valence-electron chi connectivity index (χ3n) is 4.67. The molecule has 0 radical (unpaired) electrons.